The first-order valence-corrected chi connectivity index (χ1v) is 4.68. The topological polar surface area (TPSA) is 0 Å². The average molecular weight is 158 g/mol. The van der Waals surface area contributed by atoms with E-state index < -0.39 is 5.67 Å². The zero-order chi connectivity index (χ0) is 8.65. The summed E-state index contributed by atoms with van der Waals surface area (Å²) in [7, 11) is 0. The van der Waals surface area contributed by atoms with Gasteiger partial charge in [-0.05, 0) is 37.5 Å². The lowest BCUT2D eigenvalue weighted by Gasteiger charge is -2.26. The van der Waals surface area contributed by atoms with Gasteiger partial charge in [-0.15, -0.1) is 0 Å². The van der Waals surface area contributed by atoms with Crippen LogP contribution in [-0.2, 0) is 0 Å². The van der Waals surface area contributed by atoms with Crippen molar-refractivity contribution in [1.82, 2.24) is 0 Å². The van der Waals surface area contributed by atoms with Crippen molar-refractivity contribution < 1.29 is 4.39 Å². The molecular weight excluding hydrogens is 139 g/mol. The van der Waals surface area contributed by atoms with Crippen molar-refractivity contribution in [2.45, 2.75) is 46.2 Å². The van der Waals surface area contributed by atoms with Crippen LogP contribution in [0.15, 0.2) is 0 Å². The molecule has 0 N–H and O–H groups in total. The minimum absolute atomic E-state index is 0.252. The Morgan fingerprint density at radius 3 is 2.36 bits per heavy atom. The number of hydrogen-bond donors (Lipinski definition) is 0. The first kappa shape index (κ1) is 9.02. The summed E-state index contributed by atoms with van der Waals surface area (Å²) in [4.78, 5) is 0. The fourth-order valence-electron chi connectivity index (χ4n) is 1.82. The van der Waals surface area contributed by atoms with E-state index in [9.17, 15) is 4.39 Å². The quantitative estimate of drug-likeness (QED) is 0.590. The molecule has 4 atom stereocenters. The second-order valence-electron chi connectivity index (χ2n) is 4.30. The second-order valence-corrected chi connectivity index (χ2v) is 4.30. The highest BCUT2D eigenvalue weighted by Crippen LogP contribution is 2.49. The molecule has 0 bridgehead atoms. The summed E-state index contributed by atoms with van der Waals surface area (Å²) in [5.74, 6) is 1.68. The van der Waals surface area contributed by atoms with Crippen molar-refractivity contribution in [3.8, 4) is 0 Å². The van der Waals surface area contributed by atoms with Gasteiger partial charge in [0.15, 0.2) is 0 Å². The standard InChI is InChI=1S/C10H19F/c1-5-10(4,11)8(3)9-6-7(9)2/h7-9H,5-6H2,1-4H3. The molecule has 0 aromatic carbocycles. The highest BCUT2D eigenvalue weighted by atomic mass is 19.1. The van der Waals surface area contributed by atoms with Crippen LogP contribution < -0.4 is 0 Å². The van der Waals surface area contributed by atoms with Crippen LogP contribution in [0, 0.1) is 17.8 Å². The van der Waals surface area contributed by atoms with Gasteiger partial charge in [-0.25, -0.2) is 4.39 Å². The monoisotopic (exact) mass is 158 g/mol. The van der Waals surface area contributed by atoms with Gasteiger partial charge in [-0.3, -0.25) is 0 Å². The lowest BCUT2D eigenvalue weighted by Crippen LogP contribution is -2.28. The van der Waals surface area contributed by atoms with Gasteiger partial charge >= 0.3 is 0 Å². The van der Waals surface area contributed by atoms with Crippen LogP contribution in [0.2, 0.25) is 0 Å². The zero-order valence-electron chi connectivity index (χ0n) is 8.02. The molecule has 1 saturated carbocycles. The van der Waals surface area contributed by atoms with Crippen molar-refractivity contribution >= 4 is 0 Å². The summed E-state index contributed by atoms with van der Waals surface area (Å²) >= 11 is 0. The van der Waals surface area contributed by atoms with Gasteiger partial charge in [-0.2, -0.15) is 0 Å². The molecule has 0 amide bonds. The molecule has 11 heavy (non-hydrogen) atoms. The average Bonchev–Trinajstić information content (AvgIpc) is 2.65. The molecule has 1 fully saturated rings. The maximum atomic E-state index is 13.7. The SMILES string of the molecule is CCC(C)(F)C(C)C1CC1C. The van der Waals surface area contributed by atoms with Crippen LogP contribution >= 0.6 is 0 Å². The van der Waals surface area contributed by atoms with Gasteiger partial charge in [0.2, 0.25) is 0 Å². The van der Waals surface area contributed by atoms with E-state index in [2.05, 4.69) is 13.8 Å². The fraction of sp³-hybridized carbons (Fsp3) is 1.00. The first-order valence-electron chi connectivity index (χ1n) is 4.68. The number of alkyl halides is 1. The Balaban J connectivity index is 2.46. The van der Waals surface area contributed by atoms with Crippen LogP contribution in [0.4, 0.5) is 4.39 Å². The summed E-state index contributed by atoms with van der Waals surface area (Å²) in [5.41, 5.74) is -0.935. The molecule has 0 heterocycles. The van der Waals surface area contributed by atoms with Gasteiger partial charge in [0, 0.05) is 0 Å². The molecule has 0 aromatic heterocycles. The molecule has 0 saturated heterocycles. The molecule has 1 aliphatic rings. The molecule has 1 aliphatic carbocycles. The van der Waals surface area contributed by atoms with Crippen LogP contribution in [0.1, 0.15) is 40.5 Å². The first-order chi connectivity index (χ1) is 4.99. The van der Waals surface area contributed by atoms with Crippen molar-refractivity contribution in [2.24, 2.45) is 17.8 Å². The summed E-state index contributed by atoms with van der Waals surface area (Å²) in [5, 5.41) is 0. The third-order valence-corrected chi connectivity index (χ3v) is 3.45. The third-order valence-electron chi connectivity index (χ3n) is 3.45. The number of hydrogen-bond acceptors (Lipinski definition) is 0. The Morgan fingerprint density at radius 2 is 2.09 bits per heavy atom. The Morgan fingerprint density at radius 1 is 1.64 bits per heavy atom. The van der Waals surface area contributed by atoms with E-state index in [-0.39, 0.29) is 5.92 Å². The van der Waals surface area contributed by atoms with E-state index in [1.807, 2.05) is 6.92 Å². The third kappa shape index (κ3) is 1.74. The molecule has 0 spiro atoms. The summed E-state index contributed by atoms with van der Waals surface area (Å²) in [6.45, 7) is 7.94. The zero-order valence-corrected chi connectivity index (χ0v) is 8.02. The molecular formula is C10H19F. The Hall–Kier alpha value is -0.0700. The number of halogens is 1. The van der Waals surface area contributed by atoms with Crippen LogP contribution in [0.25, 0.3) is 0 Å². The smallest absolute Gasteiger partial charge is 0.110 e. The van der Waals surface area contributed by atoms with Gasteiger partial charge in [-0.1, -0.05) is 20.8 Å². The molecule has 0 nitrogen and oxygen atoms in total. The molecule has 4 unspecified atom stereocenters. The summed E-state index contributed by atoms with van der Waals surface area (Å²) in [6, 6.07) is 0. The normalized spacial score (nSPS) is 37.9. The van der Waals surface area contributed by atoms with Crippen LogP contribution in [0.3, 0.4) is 0 Å². The largest absolute Gasteiger partial charge is 0.244 e. The highest BCUT2D eigenvalue weighted by Gasteiger charge is 2.45. The second kappa shape index (κ2) is 2.76. The molecule has 0 aliphatic heterocycles. The van der Waals surface area contributed by atoms with Crippen molar-refractivity contribution in [2.75, 3.05) is 0 Å². The predicted molar refractivity (Wildman–Crippen MR) is 46.2 cm³/mol. The molecule has 0 radical (unpaired) electrons. The van der Waals surface area contributed by atoms with Gasteiger partial charge in [0.05, 0.1) is 0 Å². The Kier molecular flexibility index (Phi) is 2.27. The van der Waals surface area contributed by atoms with Gasteiger partial charge in [0.1, 0.15) is 5.67 Å². The van der Waals surface area contributed by atoms with Crippen LogP contribution in [-0.4, -0.2) is 5.67 Å². The summed E-state index contributed by atoms with van der Waals surface area (Å²) < 4.78 is 13.7. The van der Waals surface area contributed by atoms with E-state index in [0.29, 0.717) is 12.3 Å². The maximum Gasteiger partial charge on any atom is 0.110 e. The van der Waals surface area contributed by atoms with Crippen molar-refractivity contribution in [1.29, 1.82) is 0 Å². The minimum Gasteiger partial charge on any atom is -0.244 e. The Bertz CT molecular complexity index is 140. The predicted octanol–water partition coefficient (Wildman–Crippen LogP) is 3.42. The van der Waals surface area contributed by atoms with Crippen LogP contribution in [0.5, 0.6) is 0 Å². The van der Waals surface area contributed by atoms with E-state index in [0.717, 1.165) is 5.92 Å². The molecule has 1 heteroatoms. The van der Waals surface area contributed by atoms with E-state index in [1.165, 1.54) is 6.42 Å². The van der Waals surface area contributed by atoms with E-state index in [1.54, 1.807) is 6.92 Å². The van der Waals surface area contributed by atoms with E-state index in [4.69, 9.17) is 0 Å². The van der Waals surface area contributed by atoms with Crippen molar-refractivity contribution in [3.63, 3.8) is 0 Å². The van der Waals surface area contributed by atoms with Crippen molar-refractivity contribution in [3.05, 3.63) is 0 Å². The maximum absolute atomic E-state index is 13.7. The lowest BCUT2D eigenvalue weighted by molar-refractivity contribution is 0.0908. The molecule has 0 aromatic rings. The van der Waals surface area contributed by atoms with Gasteiger partial charge < -0.3 is 0 Å². The van der Waals surface area contributed by atoms with Gasteiger partial charge in [0.25, 0.3) is 0 Å². The molecule has 66 valence electrons. The fourth-order valence-corrected chi connectivity index (χ4v) is 1.82. The van der Waals surface area contributed by atoms with E-state index >= 15 is 0 Å². The highest BCUT2D eigenvalue weighted by molar-refractivity contribution is 4.94. The lowest BCUT2D eigenvalue weighted by atomic mass is 9.86. The molecule has 1 rings (SSSR count). The number of rotatable bonds is 3. The minimum atomic E-state index is -0.935. The Labute approximate surface area is 69.2 Å². The summed E-state index contributed by atoms with van der Waals surface area (Å²) in [6.07, 6.45) is 1.89.